The largest absolute Gasteiger partial charge is 0.491 e. The van der Waals surface area contributed by atoms with E-state index in [1.165, 1.54) is 5.56 Å². The van der Waals surface area contributed by atoms with E-state index in [1.54, 1.807) is 0 Å². The summed E-state index contributed by atoms with van der Waals surface area (Å²) < 4.78 is 5.77. The highest BCUT2D eigenvalue weighted by atomic mass is 16.5. The molecule has 0 aliphatic heterocycles. The summed E-state index contributed by atoms with van der Waals surface area (Å²) in [6, 6.07) is 8.19. The number of benzene rings is 1. The lowest BCUT2D eigenvalue weighted by molar-refractivity contribution is 0.0601. The maximum atomic E-state index is 10.3. The van der Waals surface area contributed by atoms with E-state index < -0.39 is 6.10 Å². The zero-order valence-corrected chi connectivity index (χ0v) is 16.7. The Morgan fingerprint density at radius 1 is 0.917 bits per heavy atom. The number of nitrogens with zero attached hydrogens (tertiary/aromatic N) is 1. The number of rotatable bonds is 9. The lowest BCUT2D eigenvalue weighted by Gasteiger charge is -2.28. The monoisotopic (exact) mass is 335 g/mol. The van der Waals surface area contributed by atoms with E-state index in [-0.39, 0.29) is 5.41 Å². The van der Waals surface area contributed by atoms with E-state index in [0.717, 1.165) is 18.8 Å². The van der Waals surface area contributed by atoms with Crippen molar-refractivity contribution < 1.29 is 9.84 Å². The Labute approximate surface area is 149 Å². The van der Waals surface area contributed by atoms with Gasteiger partial charge in [-0.05, 0) is 34.9 Å². The Hall–Kier alpha value is -1.06. The first-order valence-electron chi connectivity index (χ1n) is 9.21. The molecular formula is C21H37NO2. The van der Waals surface area contributed by atoms with E-state index in [4.69, 9.17) is 4.74 Å². The molecule has 1 aromatic carbocycles. The second-order valence-corrected chi connectivity index (χ2v) is 8.75. The van der Waals surface area contributed by atoms with E-state index in [1.807, 2.05) is 12.1 Å². The summed E-state index contributed by atoms with van der Waals surface area (Å²) in [5.74, 6) is 2.02. The van der Waals surface area contributed by atoms with Crippen molar-refractivity contribution in [1.29, 1.82) is 0 Å². The molecule has 1 unspecified atom stereocenters. The van der Waals surface area contributed by atoms with Gasteiger partial charge in [0.1, 0.15) is 18.5 Å². The Morgan fingerprint density at radius 2 is 1.42 bits per heavy atom. The van der Waals surface area contributed by atoms with Crippen LogP contribution >= 0.6 is 0 Å². The van der Waals surface area contributed by atoms with Gasteiger partial charge in [0.15, 0.2) is 0 Å². The molecule has 0 amide bonds. The summed E-state index contributed by atoms with van der Waals surface area (Å²) in [6.45, 7) is 18.5. The maximum absolute atomic E-state index is 10.3. The second kappa shape index (κ2) is 9.43. The van der Waals surface area contributed by atoms with Crippen LogP contribution in [0.5, 0.6) is 5.75 Å². The molecule has 0 heterocycles. The van der Waals surface area contributed by atoms with Crippen molar-refractivity contribution in [1.82, 2.24) is 4.90 Å². The Kier molecular flexibility index (Phi) is 8.24. The van der Waals surface area contributed by atoms with Gasteiger partial charge in [-0.15, -0.1) is 0 Å². The van der Waals surface area contributed by atoms with Gasteiger partial charge in [0.25, 0.3) is 0 Å². The van der Waals surface area contributed by atoms with Crippen LogP contribution < -0.4 is 4.74 Å². The van der Waals surface area contributed by atoms with Gasteiger partial charge in [-0.1, -0.05) is 60.6 Å². The van der Waals surface area contributed by atoms with Crippen molar-refractivity contribution >= 4 is 0 Å². The molecular weight excluding hydrogens is 298 g/mol. The van der Waals surface area contributed by atoms with Gasteiger partial charge in [0, 0.05) is 19.6 Å². The topological polar surface area (TPSA) is 32.7 Å². The molecule has 24 heavy (non-hydrogen) atoms. The summed E-state index contributed by atoms with van der Waals surface area (Å²) in [5.41, 5.74) is 1.43. The zero-order valence-electron chi connectivity index (χ0n) is 16.7. The standard InChI is InChI=1S/C21H37NO2/c1-16(2)12-22(13-17(3)4)14-19(23)15-24-20-10-8-18(9-11-20)21(5,6)7/h8-11,16-17,19,23H,12-15H2,1-7H3. The zero-order chi connectivity index (χ0) is 18.3. The molecule has 1 N–H and O–H groups in total. The molecule has 1 aromatic rings. The summed E-state index contributed by atoms with van der Waals surface area (Å²) in [5, 5.41) is 10.3. The van der Waals surface area contributed by atoms with E-state index in [0.29, 0.717) is 25.0 Å². The lowest BCUT2D eigenvalue weighted by atomic mass is 9.87. The SMILES string of the molecule is CC(C)CN(CC(C)C)CC(O)COc1ccc(C(C)(C)C)cc1. The van der Waals surface area contributed by atoms with Gasteiger partial charge < -0.3 is 14.7 Å². The molecule has 1 atom stereocenters. The van der Waals surface area contributed by atoms with Crippen LogP contribution in [0.3, 0.4) is 0 Å². The van der Waals surface area contributed by atoms with E-state index in [2.05, 4.69) is 65.5 Å². The van der Waals surface area contributed by atoms with Gasteiger partial charge in [-0.25, -0.2) is 0 Å². The molecule has 0 saturated carbocycles. The number of aliphatic hydroxyl groups is 1. The van der Waals surface area contributed by atoms with Crippen molar-refractivity contribution in [3.8, 4) is 5.75 Å². The van der Waals surface area contributed by atoms with Crippen LogP contribution in [-0.4, -0.2) is 42.4 Å². The highest BCUT2D eigenvalue weighted by Crippen LogP contribution is 2.24. The first kappa shape index (κ1) is 21.0. The normalized spacial score (nSPS) is 13.8. The fourth-order valence-electron chi connectivity index (χ4n) is 2.85. The highest BCUT2D eigenvalue weighted by molar-refractivity contribution is 5.31. The smallest absolute Gasteiger partial charge is 0.119 e. The third-order valence-electron chi connectivity index (χ3n) is 3.88. The number of aliphatic hydroxyl groups excluding tert-OH is 1. The van der Waals surface area contributed by atoms with Crippen molar-refractivity contribution in [2.24, 2.45) is 11.8 Å². The Morgan fingerprint density at radius 3 is 1.83 bits per heavy atom. The van der Waals surface area contributed by atoms with Crippen molar-refractivity contribution in [2.75, 3.05) is 26.2 Å². The quantitative estimate of drug-likeness (QED) is 0.729. The minimum atomic E-state index is -0.468. The average Bonchev–Trinajstić information content (AvgIpc) is 2.43. The predicted octanol–water partition coefficient (Wildman–Crippen LogP) is 4.34. The Bertz CT molecular complexity index is 450. The first-order valence-corrected chi connectivity index (χ1v) is 9.21. The number of hydrogen-bond donors (Lipinski definition) is 1. The number of ether oxygens (including phenoxy) is 1. The number of hydrogen-bond acceptors (Lipinski definition) is 3. The Balaban J connectivity index is 2.50. The molecule has 3 nitrogen and oxygen atoms in total. The van der Waals surface area contributed by atoms with Crippen LogP contribution in [0.1, 0.15) is 54.0 Å². The van der Waals surface area contributed by atoms with Gasteiger partial charge in [0.05, 0.1) is 0 Å². The summed E-state index contributed by atoms with van der Waals surface area (Å²) in [4.78, 5) is 2.34. The molecule has 0 saturated heterocycles. The summed E-state index contributed by atoms with van der Waals surface area (Å²) in [7, 11) is 0. The van der Waals surface area contributed by atoms with Crippen LogP contribution in [0.25, 0.3) is 0 Å². The van der Waals surface area contributed by atoms with Crippen LogP contribution in [0, 0.1) is 11.8 Å². The predicted molar refractivity (Wildman–Crippen MR) is 103 cm³/mol. The van der Waals surface area contributed by atoms with Gasteiger partial charge >= 0.3 is 0 Å². The molecule has 0 bridgehead atoms. The van der Waals surface area contributed by atoms with Crippen molar-refractivity contribution in [3.63, 3.8) is 0 Å². The summed E-state index contributed by atoms with van der Waals surface area (Å²) in [6.07, 6.45) is -0.468. The summed E-state index contributed by atoms with van der Waals surface area (Å²) >= 11 is 0. The molecule has 138 valence electrons. The van der Waals surface area contributed by atoms with E-state index >= 15 is 0 Å². The van der Waals surface area contributed by atoms with Gasteiger partial charge in [-0.2, -0.15) is 0 Å². The van der Waals surface area contributed by atoms with Crippen molar-refractivity contribution in [3.05, 3.63) is 29.8 Å². The van der Waals surface area contributed by atoms with Gasteiger partial charge in [0.2, 0.25) is 0 Å². The molecule has 0 fully saturated rings. The molecule has 0 aromatic heterocycles. The molecule has 0 aliphatic rings. The molecule has 3 heteroatoms. The second-order valence-electron chi connectivity index (χ2n) is 8.75. The van der Waals surface area contributed by atoms with E-state index in [9.17, 15) is 5.11 Å². The minimum Gasteiger partial charge on any atom is -0.491 e. The van der Waals surface area contributed by atoms with Gasteiger partial charge in [-0.3, -0.25) is 0 Å². The maximum Gasteiger partial charge on any atom is 0.119 e. The van der Waals surface area contributed by atoms with Crippen LogP contribution in [0.15, 0.2) is 24.3 Å². The lowest BCUT2D eigenvalue weighted by Crippen LogP contribution is -2.39. The highest BCUT2D eigenvalue weighted by Gasteiger charge is 2.16. The molecule has 0 radical (unpaired) electrons. The fraction of sp³-hybridized carbons (Fsp3) is 0.714. The van der Waals surface area contributed by atoms with Crippen LogP contribution in [0.4, 0.5) is 0 Å². The fourth-order valence-corrected chi connectivity index (χ4v) is 2.85. The average molecular weight is 336 g/mol. The van der Waals surface area contributed by atoms with Crippen LogP contribution in [0.2, 0.25) is 0 Å². The van der Waals surface area contributed by atoms with Crippen molar-refractivity contribution in [2.45, 2.75) is 60.0 Å². The first-order chi connectivity index (χ1) is 11.1. The third kappa shape index (κ3) is 8.16. The van der Waals surface area contributed by atoms with Crippen LogP contribution in [-0.2, 0) is 5.41 Å². The molecule has 0 spiro atoms. The minimum absolute atomic E-state index is 0.145. The third-order valence-corrected chi connectivity index (χ3v) is 3.88. The molecule has 0 aliphatic carbocycles. The molecule has 1 rings (SSSR count).